The Labute approximate surface area is 288 Å². The number of para-hydroxylation sites is 3. The minimum atomic E-state index is 0.543. The largest absolute Gasteiger partial charge is 0.320 e. The summed E-state index contributed by atoms with van der Waals surface area (Å²) in [6, 6.07) is 53.4. The average molecular weight is 636 g/mol. The van der Waals surface area contributed by atoms with Crippen LogP contribution in [0.25, 0.3) is 86.9 Å². The fraction of sp³-hybridized carbons (Fsp3) is 0. The molecule has 0 fully saturated rings. The van der Waals surface area contributed by atoms with E-state index in [0.717, 1.165) is 77.2 Å². The molecule has 2 heterocycles. The van der Waals surface area contributed by atoms with Gasteiger partial charge in [-0.15, -0.1) is 0 Å². The minimum Gasteiger partial charge on any atom is -0.320 e. The van der Waals surface area contributed by atoms with Gasteiger partial charge in [0, 0.05) is 32.7 Å². The smallest absolute Gasteiger partial charge is 0.211 e. The van der Waals surface area contributed by atoms with Gasteiger partial charge in [-0.1, -0.05) is 97.1 Å². The van der Waals surface area contributed by atoms with Crippen LogP contribution in [0.15, 0.2) is 152 Å². The molecule has 0 atom stereocenters. The summed E-state index contributed by atoms with van der Waals surface area (Å²) >= 11 is 0. The minimum absolute atomic E-state index is 0.543. The molecule has 9 rings (SSSR count). The molecule has 9 aromatic rings. The Hall–Kier alpha value is -7.39. The maximum absolute atomic E-state index is 9.54. The average Bonchev–Trinajstić information content (AvgIpc) is 3.69. The van der Waals surface area contributed by atoms with Crippen molar-refractivity contribution < 1.29 is 0 Å². The van der Waals surface area contributed by atoms with Crippen LogP contribution in [-0.4, -0.2) is 9.13 Å². The van der Waals surface area contributed by atoms with E-state index in [4.69, 9.17) is 13.1 Å². The monoisotopic (exact) mass is 635 g/mol. The Kier molecular flexibility index (Phi) is 6.56. The Morgan fingerprint density at radius 1 is 0.480 bits per heavy atom. The lowest BCUT2D eigenvalue weighted by molar-refractivity contribution is 1.18. The summed E-state index contributed by atoms with van der Waals surface area (Å²) in [6.07, 6.45) is 0. The Bertz CT molecular complexity index is 2960. The van der Waals surface area contributed by atoms with Gasteiger partial charge in [0.1, 0.15) is 0 Å². The highest BCUT2D eigenvalue weighted by molar-refractivity contribution is 6.12. The van der Waals surface area contributed by atoms with Crippen LogP contribution >= 0.6 is 0 Å². The second kappa shape index (κ2) is 11.4. The van der Waals surface area contributed by atoms with Crippen molar-refractivity contribution in [3.63, 3.8) is 0 Å². The summed E-state index contributed by atoms with van der Waals surface area (Å²) in [5.41, 5.74) is 11.7. The molecular weight excluding hydrogens is 611 g/mol. The maximum atomic E-state index is 9.54. The normalized spacial score (nSPS) is 11.1. The van der Waals surface area contributed by atoms with Crippen LogP contribution in [0.1, 0.15) is 5.56 Å². The molecule has 5 nitrogen and oxygen atoms in total. The predicted octanol–water partition coefficient (Wildman–Crippen LogP) is 12.2. The van der Waals surface area contributed by atoms with E-state index in [2.05, 4.69) is 104 Å². The third-order valence-electron chi connectivity index (χ3n) is 9.58. The molecule has 50 heavy (non-hydrogen) atoms. The maximum Gasteiger partial charge on any atom is 0.211 e. The van der Waals surface area contributed by atoms with Crippen LogP contribution in [0, 0.1) is 24.5 Å². The van der Waals surface area contributed by atoms with Gasteiger partial charge >= 0.3 is 0 Å². The third kappa shape index (κ3) is 4.38. The zero-order valence-corrected chi connectivity index (χ0v) is 26.7. The lowest BCUT2D eigenvalue weighted by Crippen LogP contribution is -1.98. The van der Waals surface area contributed by atoms with Gasteiger partial charge < -0.3 is 9.13 Å². The summed E-state index contributed by atoms with van der Waals surface area (Å²) in [7, 11) is 0. The van der Waals surface area contributed by atoms with E-state index in [9.17, 15) is 5.26 Å². The molecule has 0 aliphatic rings. The van der Waals surface area contributed by atoms with Crippen molar-refractivity contribution in [2.45, 2.75) is 0 Å². The molecule has 0 spiro atoms. The molecule has 0 aliphatic carbocycles. The number of hydrogen-bond donors (Lipinski definition) is 0. The zero-order valence-electron chi connectivity index (χ0n) is 26.7. The van der Waals surface area contributed by atoms with Crippen LogP contribution in [-0.2, 0) is 0 Å². The number of aromatic nitrogens is 2. The Balaban J connectivity index is 1.18. The van der Waals surface area contributed by atoms with Crippen LogP contribution in [0.2, 0.25) is 0 Å². The molecule has 230 valence electrons. The molecule has 5 heteroatoms. The van der Waals surface area contributed by atoms with Gasteiger partial charge in [0.25, 0.3) is 0 Å². The van der Waals surface area contributed by atoms with Gasteiger partial charge in [0.05, 0.1) is 47.0 Å². The molecule has 0 amide bonds. The number of nitriles is 1. The number of hydrogen-bond acceptors (Lipinski definition) is 1. The lowest BCUT2D eigenvalue weighted by atomic mass is 9.97. The molecule has 2 aromatic heterocycles. The highest BCUT2D eigenvalue weighted by Crippen LogP contribution is 2.42. The molecular formula is C45H25N5. The molecule has 7 aromatic carbocycles. The highest BCUT2D eigenvalue weighted by atomic mass is 15.0. The number of rotatable bonds is 4. The molecule has 0 aliphatic heterocycles. The topological polar surface area (TPSA) is 42.4 Å². The van der Waals surface area contributed by atoms with E-state index in [-0.39, 0.29) is 0 Å². The summed E-state index contributed by atoms with van der Waals surface area (Å²) in [4.78, 5) is 7.70. The van der Waals surface area contributed by atoms with Crippen molar-refractivity contribution in [1.29, 1.82) is 5.26 Å². The van der Waals surface area contributed by atoms with E-state index < -0.39 is 0 Å². The number of benzene rings is 7. The molecule has 0 radical (unpaired) electrons. The molecule has 0 bridgehead atoms. The zero-order chi connectivity index (χ0) is 33.8. The fourth-order valence-corrected chi connectivity index (χ4v) is 7.35. The van der Waals surface area contributed by atoms with E-state index in [0.29, 0.717) is 16.9 Å². The van der Waals surface area contributed by atoms with Crippen molar-refractivity contribution >= 4 is 55.0 Å². The Morgan fingerprint density at radius 2 is 1.16 bits per heavy atom. The van der Waals surface area contributed by atoms with E-state index in [1.165, 1.54) is 0 Å². The number of nitrogens with zero attached hydrogens (tertiary/aromatic N) is 5. The molecule has 0 saturated heterocycles. The van der Waals surface area contributed by atoms with Gasteiger partial charge in [-0.25, -0.2) is 9.69 Å². The van der Waals surface area contributed by atoms with Crippen molar-refractivity contribution in [1.82, 2.24) is 9.13 Å². The summed E-state index contributed by atoms with van der Waals surface area (Å²) in [5, 5.41) is 13.8. The van der Waals surface area contributed by atoms with Crippen molar-refractivity contribution in [3.8, 4) is 39.7 Å². The van der Waals surface area contributed by atoms with Crippen molar-refractivity contribution in [3.05, 3.63) is 180 Å². The van der Waals surface area contributed by atoms with Crippen LogP contribution in [0.5, 0.6) is 0 Å². The van der Waals surface area contributed by atoms with Crippen LogP contribution in [0.3, 0.4) is 0 Å². The first-order chi connectivity index (χ1) is 24.7. The van der Waals surface area contributed by atoms with Gasteiger partial charge in [-0.2, -0.15) is 5.26 Å². The SMILES string of the molecule is [C-]#[N+]c1ccc2c3ccccc3n(-c3c([N+]#[C-])cccc3-c3cccc(-c4ccc(-n5c6ccccc6c6cc(C#N)ccc65)cc4)c3)c2c1. The van der Waals surface area contributed by atoms with E-state index >= 15 is 0 Å². The Morgan fingerprint density at radius 3 is 1.92 bits per heavy atom. The van der Waals surface area contributed by atoms with Crippen LogP contribution in [0.4, 0.5) is 11.4 Å². The molecule has 0 N–H and O–H groups in total. The van der Waals surface area contributed by atoms with Crippen molar-refractivity contribution in [2.24, 2.45) is 0 Å². The van der Waals surface area contributed by atoms with Crippen LogP contribution < -0.4 is 0 Å². The van der Waals surface area contributed by atoms with Gasteiger partial charge in [0.15, 0.2) is 5.69 Å². The molecule has 0 unspecified atom stereocenters. The van der Waals surface area contributed by atoms with E-state index in [1.54, 1.807) is 0 Å². The second-order valence-electron chi connectivity index (χ2n) is 12.3. The van der Waals surface area contributed by atoms with E-state index in [1.807, 2.05) is 72.8 Å². The third-order valence-corrected chi connectivity index (χ3v) is 9.58. The summed E-state index contributed by atoms with van der Waals surface area (Å²) in [6.45, 7) is 15.8. The van der Waals surface area contributed by atoms with Gasteiger partial charge in [-0.05, 0) is 76.9 Å². The first-order valence-electron chi connectivity index (χ1n) is 16.2. The first kappa shape index (κ1) is 28.8. The lowest BCUT2D eigenvalue weighted by Gasteiger charge is -2.17. The quantitative estimate of drug-likeness (QED) is 0.177. The second-order valence-corrected chi connectivity index (χ2v) is 12.3. The fourth-order valence-electron chi connectivity index (χ4n) is 7.35. The predicted molar refractivity (Wildman–Crippen MR) is 203 cm³/mol. The summed E-state index contributed by atoms with van der Waals surface area (Å²) < 4.78 is 4.40. The van der Waals surface area contributed by atoms with Gasteiger partial charge in [-0.3, -0.25) is 0 Å². The highest BCUT2D eigenvalue weighted by Gasteiger charge is 2.19. The molecule has 0 saturated carbocycles. The van der Waals surface area contributed by atoms with Crippen molar-refractivity contribution in [2.75, 3.05) is 0 Å². The van der Waals surface area contributed by atoms with Gasteiger partial charge in [0.2, 0.25) is 5.69 Å². The standard InChI is InChI=1S/C45H25N5/c1-47-33-20-23-38-36-11-3-6-16-42(36)50(44(38)27-33)45-35(13-8-14-40(45)48-2)32-10-7-9-31(26-32)30-18-21-34(22-19-30)49-41-15-5-4-12-37(41)39-25-29(28-46)17-24-43(39)49/h3-27H. The number of fused-ring (bicyclic) bond motifs is 6. The summed E-state index contributed by atoms with van der Waals surface area (Å²) in [5.74, 6) is 0. The first-order valence-corrected chi connectivity index (χ1v) is 16.2.